The van der Waals surface area contributed by atoms with E-state index in [1.807, 2.05) is 23.1 Å². The quantitative estimate of drug-likeness (QED) is 0.338. The van der Waals surface area contributed by atoms with Crippen LogP contribution in [0.4, 0.5) is 0 Å². The van der Waals surface area contributed by atoms with Gasteiger partial charge in [0.05, 0.1) is 18.7 Å². The van der Waals surface area contributed by atoms with E-state index in [9.17, 15) is 14.7 Å². The summed E-state index contributed by atoms with van der Waals surface area (Å²) in [7, 11) is 4.11. The lowest BCUT2D eigenvalue weighted by Crippen LogP contribution is -2.45. The molecule has 1 fully saturated rings. The molecule has 10 nitrogen and oxygen atoms in total. The molecular formula is C29H42N4O6. The number of carboxylic acid groups (broad SMARTS) is 1. The molecule has 3 atom stereocenters. The van der Waals surface area contributed by atoms with Crippen LogP contribution in [0.25, 0.3) is 0 Å². The molecule has 0 bridgehead atoms. The molecule has 3 heterocycles. The van der Waals surface area contributed by atoms with E-state index >= 15 is 0 Å². The molecule has 4 rings (SSSR count). The number of nitrogens with zero attached hydrogens (tertiary/aromatic N) is 4. The minimum Gasteiger partial charge on any atom is -0.481 e. The van der Waals surface area contributed by atoms with Gasteiger partial charge in [-0.3, -0.25) is 14.5 Å². The van der Waals surface area contributed by atoms with Gasteiger partial charge in [0.1, 0.15) is 6.26 Å². The van der Waals surface area contributed by atoms with Crippen molar-refractivity contribution in [2.75, 3.05) is 53.6 Å². The molecule has 0 saturated carbocycles. The van der Waals surface area contributed by atoms with Crippen molar-refractivity contribution in [2.45, 2.75) is 57.4 Å². The van der Waals surface area contributed by atoms with E-state index in [4.69, 9.17) is 13.9 Å². The number of oxazole rings is 1. The maximum Gasteiger partial charge on any atom is 0.308 e. The molecule has 1 saturated heterocycles. The number of unbranched alkanes of at least 4 members (excludes halogenated alkanes) is 2. The van der Waals surface area contributed by atoms with E-state index in [1.165, 1.54) is 6.26 Å². The van der Waals surface area contributed by atoms with Gasteiger partial charge in [0.15, 0.2) is 17.4 Å². The highest BCUT2D eigenvalue weighted by Crippen LogP contribution is 2.43. The summed E-state index contributed by atoms with van der Waals surface area (Å²) in [6, 6.07) is 5.31. The number of benzene rings is 1. The maximum absolute atomic E-state index is 13.6. The van der Waals surface area contributed by atoms with Crippen molar-refractivity contribution in [3.63, 3.8) is 0 Å². The molecule has 214 valence electrons. The van der Waals surface area contributed by atoms with Gasteiger partial charge < -0.3 is 28.8 Å². The van der Waals surface area contributed by atoms with Gasteiger partial charge in [-0.2, -0.15) is 0 Å². The van der Waals surface area contributed by atoms with Crippen molar-refractivity contribution in [3.05, 3.63) is 42.1 Å². The van der Waals surface area contributed by atoms with Crippen molar-refractivity contribution in [1.82, 2.24) is 19.7 Å². The summed E-state index contributed by atoms with van der Waals surface area (Å²) in [5.41, 5.74) is 0.884. The second-order valence-corrected chi connectivity index (χ2v) is 10.8. The number of aryl methyl sites for hydroxylation is 1. The molecule has 0 aliphatic carbocycles. The van der Waals surface area contributed by atoms with E-state index in [2.05, 4.69) is 35.8 Å². The molecule has 1 aromatic carbocycles. The summed E-state index contributed by atoms with van der Waals surface area (Å²) < 4.78 is 16.5. The van der Waals surface area contributed by atoms with Crippen molar-refractivity contribution < 1.29 is 28.6 Å². The predicted octanol–water partition coefficient (Wildman–Crippen LogP) is 3.48. The van der Waals surface area contributed by atoms with Crippen LogP contribution in [0.5, 0.6) is 11.5 Å². The van der Waals surface area contributed by atoms with E-state index in [0.717, 1.165) is 50.9 Å². The molecule has 2 aliphatic rings. The van der Waals surface area contributed by atoms with Gasteiger partial charge in [0, 0.05) is 38.0 Å². The second-order valence-electron chi connectivity index (χ2n) is 10.8. The second kappa shape index (κ2) is 13.8. The van der Waals surface area contributed by atoms with Gasteiger partial charge >= 0.3 is 5.97 Å². The lowest BCUT2D eigenvalue weighted by molar-refractivity contribution is -0.143. The molecule has 1 amide bonds. The molecular weight excluding hydrogens is 500 g/mol. The van der Waals surface area contributed by atoms with Crippen LogP contribution in [0.2, 0.25) is 0 Å². The third-order valence-electron chi connectivity index (χ3n) is 7.75. The van der Waals surface area contributed by atoms with Crippen molar-refractivity contribution in [2.24, 2.45) is 5.92 Å². The highest BCUT2D eigenvalue weighted by atomic mass is 16.7. The van der Waals surface area contributed by atoms with Crippen molar-refractivity contribution >= 4 is 11.9 Å². The summed E-state index contributed by atoms with van der Waals surface area (Å²) in [5.74, 6) is 0.0904. The van der Waals surface area contributed by atoms with E-state index in [-0.39, 0.29) is 31.2 Å². The number of ether oxygens (including phenoxy) is 2. The van der Waals surface area contributed by atoms with Gasteiger partial charge in [-0.1, -0.05) is 19.4 Å². The molecule has 0 unspecified atom stereocenters. The van der Waals surface area contributed by atoms with E-state index in [1.54, 1.807) is 6.20 Å². The van der Waals surface area contributed by atoms with Crippen LogP contribution < -0.4 is 9.47 Å². The third kappa shape index (κ3) is 7.51. The number of aromatic nitrogens is 1. The smallest absolute Gasteiger partial charge is 0.308 e. The normalized spacial score (nSPS) is 20.6. The SMILES string of the molecule is CCCCN(CCCCN(C)C)C(=O)CN1C[C@H](c2ccc3c(c2)OCO3)[C@H](C(=O)O)[C@H]1CCc1ncco1. The molecule has 0 radical (unpaired) electrons. The number of fused-ring (bicyclic) bond motifs is 1. The third-order valence-corrected chi connectivity index (χ3v) is 7.75. The van der Waals surface area contributed by atoms with Crippen LogP contribution in [0.15, 0.2) is 35.1 Å². The fourth-order valence-electron chi connectivity index (χ4n) is 5.70. The highest BCUT2D eigenvalue weighted by Gasteiger charge is 2.47. The molecule has 0 spiro atoms. The van der Waals surface area contributed by atoms with Crippen molar-refractivity contribution in [1.29, 1.82) is 0 Å². The lowest BCUT2D eigenvalue weighted by Gasteiger charge is -2.29. The Morgan fingerprint density at radius 1 is 1.10 bits per heavy atom. The average molecular weight is 543 g/mol. The lowest BCUT2D eigenvalue weighted by atomic mass is 9.83. The molecule has 1 N–H and O–H groups in total. The minimum absolute atomic E-state index is 0.0601. The number of hydrogen-bond donors (Lipinski definition) is 1. The summed E-state index contributed by atoms with van der Waals surface area (Å²) in [6.07, 6.45) is 8.08. The summed E-state index contributed by atoms with van der Waals surface area (Å²) in [5, 5.41) is 10.4. The Morgan fingerprint density at radius 2 is 1.87 bits per heavy atom. The number of rotatable bonds is 15. The zero-order chi connectivity index (χ0) is 27.8. The van der Waals surface area contributed by atoms with Crippen LogP contribution in [0.1, 0.15) is 56.4 Å². The first-order valence-corrected chi connectivity index (χ1v) is 14.0. The zero-order valence-corrected chi connectivity index (χ0v) is 23.4. The van der Waals surface area contributed by atoms with Crippen LogP contribution in [0.3, 0.4) is 0 Å². The Morgan fingerprint density at radius 3 is 2.59 bits per heavy atom. The fraction of sp³-hybridized carbons (Fsp3) is 0.621. The largest absolute Gasteiger partial charge is 0.481 e. The molecule has 39 heavy (non-hydrogen) atoms. The fourth-order valence-corrected chi connectivity index (χ4v) is 5.70. The van der Waals surface area contributed by atoms with Crippen LogP contribution in [0, 0.1) is 5.92 Å². The topological polar surface area (TPSA) is 109 Å². The standard InChI is InChI=1S/C29H42N4O6/c1-4-5-14-32(15-7-6-13-31(2)3)27(34)19-33-18-22(21-8-10-24-25(17-21)39-20-38-24)28(29(35)36)23(33)9-11-26-30-12-16-37-26/h8,10,12,16-17,22-23,28H,4-7,9,11,13-15,18-20H2,1-3H3,(H,35,36)/t22-,23-,28+/m1/s1. The molecule has 1 aromatic heterocycles. The zero-order valence-electron chi connectivity index (χ0n) is 23.4. The number of aliphatic carboxylic acids is 1. The van der Waals surface area contributed by atoms with Gasteiger partial charge in [-0.05, 0) is 64.0 Å². The number of likely N-dealkylation sites (tertiary alicyclic amines) is 1. The first-order valence-electron chi connectivity index (χ1n) is 14.0. The van der Waals surface area contributed by atoms with Crippen molar-refractivity contribution in [3.8, 4) is 11.5 Å². The monoisotopic (exact) mass is 542 g/mol. The van der Waals surface area contributed by atoms with Gasteiger partial charge in [0.2, 0.25) is 12.7 Å². The van der Waals surface area contributed by atoms with Crippen LogP contribution in [-0.4, -0.2) is 96.3 Å². The van der Waals surface area contributed by atoms with Gasteiger partial charge in [0.25, 0.3) is 0 Å². The summed E-state index contributed by atoms with van der Waals surface area (Å²) >= 11 is 0. The van der Waals surface area contributed by atoms with Crippen LogP contribution in [-0.2, 0) is 16.0 Å². The van der Waals surface area contributed by atoms with Crippen LogP contribution >= 0.6 is 0 Å². The average Bonchev–Trinajstić information content (AvgIpc) is 3.66. The Balaban J connectivity index is 1.53. The summed E-state index contributed by atoms with van der Waals surface area (Å²) in [6.45, 7) is 5.38. The Labute approximate surface area is 230 Å². The number of carboxylic acids is 1. The van der Waals surface area contributed by atoms with E-state index in [0.29, 0.717) is 36.8 Å². The van der Waals surface area contributed by atoms with Gasteiger partial charge in [-0.15, -0.1) is 0 Å². The first-order chi connectivity index (χ1) is 18.9. The number of carbonyl (C=O) groups is 2. The Hall–Kier alpha value is -3.11. The maximum atomic E-state index is 13.6. The molecule has 2 aromatic rings. The highest BCUT2D eigenvalue weighted by molar-refractivity contribution is 5.79. The van der Waals surface area contributed by atoms with E-state index < -0.39 is 11.9 Å². The number of amides is 1. The number of hydrogen-bond acceptors (Lipinski definition) is 8. The Bertz CT molecular complexity index is 1080. The first kappa shape index (κ1) is 28.9. The summed E-state index contributed by atoms with van der Waals surface area (Å²) in [4.78, 5) is 36.8. The number of carbonyl (C=O) groups excluding carboxylic acids is 1. The predicted molar refractivity (Wildman–Crippen MR) is 146 cm³/mol. The minimum atomic E-state index is -0.864. The molecule has 10 heteroatoms. The Kier molecular flexibility index (Phi) is 10.2. The van der Waals surface area contributed by atoms with Gasteiger partial charge in [-0.25, -0.2) is 4.98 Å². The molecule has 2 aliphatic heterocycles.